The zero-order chi connectivity index (χ0) is 14.7. The highest BCUT2D eigenvalue weighted by atomic mass is 16.6. The lowest BCUT2D eigenvalue weighted by molar-refractivity contribution is -0.384. The number of piperazine rings is 1. The van der Waals surface area contributed by atoms with Crippen molar-refractivity contribution in [3.8, 4) is 5.75 Å². The zero-order valence-electron chi connectivity index (χ0n) is 12.1. The summed E-state index contributed by atoms with van der Waals surface area (Å²) in [6, 6.07) is 5.35. The molecular formula is C14H21N3O3. The summed E-state index contributed by atoms with van der Waals surface area (Å²) in [5, 5.41) is 14.4. The average Bonchev–Trinajstić information content (AvgIpc) is 2.37. The minimum absolute atomic E-state index is 0.00759. The molecule has 1 aromatic carbocycles. The molecule has 1 aromatic rings. The summed E-state index contributed by atoms with van der Waals surface area (Å²) in [7, 11) is 0. The number of nitrogens with zero attached hydrogens (tertiary/aromatic N) is 2. The fraction of sp³-hybridized carbons (Fsp3) is 0.571. The lowest BCUT2D eigenvalue weighted by atomic mass is 10.2. The van der Waals surface area contributed by atoms with Crippen LogP contribution < -0.4 is 15.0 Å². The molecule has 1 heterocycles. The second-order valence-corrected chi connectivity index (χ2v) is 5.41. The first-order valence-electron chi connectivity index (χ1n) is 6.90. The second-order valence-electron chi connectivity index (χ2n) is 5.41. The van der Waals surface area contributed by atoms with Crippen molar-refractivity contribution in [1.82, 2.24) is 5.32 Å². The van der Waals surface area contributed by atoms with Gasteiger partial charge in [-0.05, 0) is 20.8 Å². The Morgan fingerprint density at radius 1 is 1.45 bits per heavy atom. The van der Waals surface area contributed by atoms with Gasteiger partial charge in [0.15, 0.2) is 0 Å². The van der Waals surface area contributed by atoms with Crippen molar-refractivity contribution in [1.29, 1.82) is 0 Å². The molecule has 1 fully saturated rings. The van der Waals surface area contributed by atoms with Crippen LogP contribution in [0.2, 0.25) is 0 Å². The highest BCUT2D eigenvalue weighted by Crippen LogP contribution is 2.29. The quantitative estimate of drug-likeness (QED) is 0.676. The van der Waals surface area contributed by atoms with E-state index in [0.717, 1.165) is 25.3 Å². The Hall–Kier alpha value is -1.82. The average molecular weight is 279 g/mol. The van der Waals surface area contributed by atoms with E-state index in [9.17, 15) is 10.1 Å². The molecule has 1 saturated heterocycles. The van der Waals surface area contributed by atoms with E-state index in [-0.39, 0.29) is 16.7 Å². The van der Waals surface area contributed by atoms with E-state index in [1.54, 1.807) is 6.07 Å². The molecule has 0 amide bonds. The second kappa shape index (κ2) is 6.09. The fourth-order valence-corrected chi connectivity index (χ4v) is 2.36. The van der Waals surface area contributed by atoms with Crippen LogP contribution in [-0.2, 0) is 0 Å². The molecule has 0 saturated carbocycles. The highest BCUT2D eigenvalue weighted by molar-refractivity contribution is 5.58. The van der Waals surface area contributed by atoms with Crippen molar-refractivity contribution in [2.24, 2.45) is 0 Å². The lowest BCUT2D eigenvalue weighted by Gasteiger charge is -2.33. The van der Waals surface area contributed by atoms with Crippen LogP contribution in [0.25, 0.3) is 0 Å². The Morgan fingerprint density at radius 2 is 2.20 bits per heavy atom. The third kappa shape index (κ3) is 3.60. The van der Waals surface area contributed by atoms with Crippen molar-refractivity contribution in [3.05, 3.63) is 28.3 Å². The Balaban J connectivity index is 2.30. The van der Waals surface area contributed by atoms with Crippen molar-refractivity contribution in [2.45, 2.75) is 32.9 Å². The molecule has 0 unspecified atom stereocenters. The number of rotatable bonds is 4. The van der Waals surface area contributed by atoms with Crippen LogP contribution in [0.1, 0.15) is 20.8 Å². The van der Waals surface area contributed by atoms with Crippen LogP contribution in [0.3, 0.4) is 0 Å². The minimum Gasteiger partial charge on any atom is -0.491 e. The van der Waals surface area contributed by atoms with Gasteiger partial charge in [0.05, 0.1) is 17.1 Å². The van der Waals surface area contributed by atoms with Gasteiger partial charge in [0, 0.05) is 43.5 Å². The molecule has 1 aliphatic rings. The predicted octanol–water partition coefficient (Wildman–Crippen LogP) is 2.18. The molecule has 110 valence electrons. The third-order valence-electron chi connectivity index (χ3n) is 3.19. The van der Waals surface area contributed by atoms with Crippen LogP contribution in [0, 0.1) is 10.1 Å². The topological polar surface area (TPSA) is 67.6 Å². The normalized spacial score (nSPS) is 19.2. The van der Waals surface area contributed by atoms with Gasteiger partial charge < -0.3 is 15.0 Å². The predicted molar refractivity (Wildman–Crippen MR) is 78.5 cm³/mol. The maximum Gasteiger partial charge on any atom is 0.275 e. The van der Waals surface area contributed by atoms with Gasteiger partial charge in [-0.25, -0.2) is 0 Å². The molecule has 6 heteroatoms. The van der Waals surface area contributed by atoms with Gasteiger partial charge in [0.1, 0.15) is 5.75 Å². The summed E-state index contributed by atoms with van der Waals surface area (Å²) in [5.41, 5.74) is 0.924. The summed E-state index contributed by atoms with van der Waals surface area (Å²) in [5.74, 6) is 0.551. The first-order chi connectivity index (χ1) is 9.45. The van der Waals surface area contributed by atoms with Crippen LogP contribution >= 0.6 is 0 Å². The number of hydrogen-bond donors (Lipinski definition) is 1. The monoisotopic (exact) mass is 279 g/mol. The number of nitro benzene ring substituents is 1. The lowest BCUT2D eigenvalue weighted by Crippen LogP contribution is -2.49. The smallest absolute Gasteiger partial charge is 0.275 e. The summed E-state index contributed by atoms with van der Waals surface area (Å²) in [6.07, 6.45) is -0.00759. The van der Waals surface area contributed by atoms with E-state index >= 15 is 0 Å². The largest absolute Gasteiger partial charge is 0.491 e. The molecule has 0 radical (unpaired) electrons. The summed E-state index contributed by atoms with van der Waals surface area (Å²) >= 11 is 0. The number of benzene rings is 1. The van der Waals surface area contributed by atoms with Crippen molar-refractivity contribution in [3.63, 3.8) is 0 Å². The molecule has 0 spiro atoms. The minimum atomic E-state index is -0.373. The van der Waals surface area contributed by atoms with Crippen molar-refractivity contribution < 1.29 is 9.66 Å². The summed E-state index contributed by atoms with van der Waals surface area (Å²) in [6.45, 7) is 8.48. The Labute approximate surface area is 118 Å². The third-order valence-corrected chi connectivity index (χ3v) is 3.19. The Bertz CT molecular complexity index is 491. The van der Waals surface area contributed by atoms with Crippen LogP contribution in [0.4, 0.5) is 11.4 Å². The van der Waals surface area contributed by atoms with Gasteiger partial charge in [-0.15, -0.1) is 0 Å². The summed E-state index contributed by atoms with van der Waals surface area (Å²) < 4.78 is 5.62. The molecule has 0 aliphatic carbocycles. The van der Waals surface area contributed by atoms with E-state index < -0.39 is 0 Å². The standard InChI is InChI=1S/C14H21N3O3/c1-10(2)20-14-7-12(6-13(8-14)17(18)19)16-5-4-15-11(3)9-16/h6-8,10-11,15H,4-5,9H2,1-3H3/t11-/m1/s1. The van der Waals surface area contributed by atoms with E-state index in [1.165, 1.54) is 6.07 Å². The van der Waals surface area contributed by atoms with E-state index in [2.05, 4.69) is 17.1 Å². The van der Waals surface area contributed by atoms with Gasteiger partial charge in [0.2, 0.25) is 0 Å². The van der Waals surface area contributed by atoms with Gasteiger partial charge in [-0.2, -0.15) is 0 Å². The number of nitro groups is 1. The molecule has 0 aromatic heterocycles. The Kier molecular flexibility index (Phi) is 4.44. The molecule has 2 rings (SSSR count). The molecule has 20 heavy (non-hydrogen) atoms. The number of nitrogens with one attached hydrogen (secondary N) is 1. The molecule has 1 aliphatic heterocycles. The fourth-order valence-electron chi connectivity index (χ4n) is 2.36. The van der Waals surface area contributed by atoms with Crippen LogP contribution in [0.5, 0.6) is 5.75 Å². The zero-order valence-corrected chi connectivity index (χ0v) is 12.1. The van der Waals surface area contributed by atoms with Crippen molar-refractivity contribution in [2.75, 3.05) is 24.5 Å². The first-order valence-corrected chi connectivity index (χ1v) is 6.90. The molecule has 6 nitrogen and oxygen atoms in total. The number of hydrogen-bond acceptors (Lipinski definition) is 5. The van der Waals surface area contributed by atoms with Gasteiger partial charge in [-0.3, -0.25) is 10.1 Å². The maximum absolute atomic E-state index is 11.1. The molecular weight excluding hydrogens is 258 g/mol. The number of non-ortho nitro benzene ring substituents is 1. The SMILES string of the molecule is CC(C)Oc1cc(N2CCN[C@H](C)C2)cc([N+](=O)[O-])c1. The van der Waals surface area contributed by atoms with Crippen molar-refractivity contribution >= 4 is 11.4 Å². The van der Waals surface area contributed by atoms with Crippen LogP contribution in [-0.4, -0.2) is 36.7 Å². The molecule has 1 N–H and O–H groups in total. The van der Waals surface area contributed by atoms with Crippen LogP contribution in [0.15, 0.2) is 18.2 Å². The highest BCUT2D eigenvalue weighted by Gasteiger charge is 2.19. The van der Waals surface area contributed by atoms with E-state index in [1.807, 2.05) is 19.9 Å². The van der Waals surface area contributed by atoms with E-state index in [4.69, 9.17) is 4.74 Å². The van der Waals surface area contributed by atoms with Gasteiger partial charge in [0.25, 0.3) is 5.69 Å². The number of ether oxygens (including phenoxy) is 1. The summed E-state index contributed by atoms with van der Waals surface area (Å²) in [4.78, 5) is 12.8. The first kappa shape index (κ1) is 14.6. The number of anilines is 1. The Morgan fingerprint density at radius 3 is 2.80 bits per heavy atom. The molecule has 0 bridgehead atoms. The maximum atomic E-state index is 11.1. The van der Waals surface area contributed by atoms with E-state index in [0.29, 0.717) is 11.8 Å². The molecule has 1 atom stereocenters. The van der Waals surface area contributed by atoms with Gasteiger partial charge >= 0.3 is 0 Å². The van der Waals surface area contributed by atoms with Gasteiger partial charge in [-0.1, -0.05) is 0 Å².